The number of hydrogen-bond donors (Lipinski definition) is 3. The zero-order valence-corrected chi connectivity index (χ0v) is 14.0. The van der Waals surface area contributed by atoms with Crippen LogP contribution in [0.4, 0.5) is 0 Å². The quantitative estimate of drug-likeness (QED) is 0.290. The summed E-state index contributed by atoms with van der Waals surface area (Å²) in [6.45, 7) is 1.80. The number of thiocarbonyl (C=S) groups is 1. The number of hydrogen-bond acceptors (Lipinski definition) is 6. The van der Waals surface area contributed by atoms with Gasteiger partial charge in [-0.05, 0) is 37.7 Å². The lowest BCUT2D eigenvalue weighted by molar-refractivity contribution is -0.144. The number of ether oxygens (including phenoxy) is 2. The average molecular weight is 340 g/mol. The maximum Gasteiger partial charge on any atom is 0.328 e. The molecule has 0 aromatic carbocycles. The summed E-state index contributed by atoms with van der Waals surface area (Å²) < 4.78 is 9.23. The maximum atomic E-state index is 11.7. The molecule has 0 saturated carbocycles. The first-order chi connectivity index (χ1) is 11.0. The van der Waals surface area contributed by atoms with Gasteiger partial charge in [-0.2, -0.15) is 5.10 Å². The van der Waals surface area contributed by atoms with Crippen molar-refractivity contribution in [2.24, 2.45) is 5.10 Å². The van der Waals surface area contributed by atoms with Gasteiger partial charge in [-0.25, -0.2) is 4.79 Å². The summed E-state index contributed by atoms with van der Waals surface area (Å²) >= 11 is 5.09. The van der Waals surface area contributed by atoms with Crippen LogP contribution < -0.4 is 10.7 Å². The molecule has 0 saturated heterocycles. The number of nitrogens with zero attached hydrogens (tertiary/aromatic N) is 1. The third-order valence-corrected chi connectivity index (χ3v) is 3.18. The number of H-pyrrole nitrogens is 1. The molecule has 126 valence electrons. The van der Waals surface area contributed by atoms with Crippen molar-refractivity contribution < 1.29 is 19.1 Å². The summed E-state index contributed by atoms with van der Waals surface area (Å²) in [5, 5.41) is 7.02. The highest BCUT2D eigenvalue weighted by molar-refractivity contribution is 7.80. The summed E-state index contributed by atoms with van der Waals surface area (Å²) in [5.74, 6) is -0.941. The van der Waals surface area contributed by atoms with Gasteiger partial charge in [0.15, 0.2) is 5.11 Å². The molecule has 9 heteroatoms. The van der Waals surface area contributed by atoms with Crippen molar-refractivity contribution in [3.05, 3.63) is 24.0 Å². The van der Waals surface area contributed by atoms with Crippen LogP contribution in [-0.2, 0) is 19.1 Å². The van der Waals surface area contributed by atoms with Crippen molar-refractivity contribution in [2.75, 3.05) is 14.2 Å². The Labute approximate surface area is 139 Å². The van der Waals surface area contributed by atoms with Gasteiger partial charge in [0.2, 0.25) is 0 Å². The first-order valence-corrected chi connectivity index (χ1v) is 7.28. The minimum atomic E-state index is -0.764. The molecule has 0 radical (unpaired) electrons. The van der Waals surface area contributed by atoms with E-state index in [1.54, 1.807) is 13.1 Å². The van der Waals surface area contributed by atoms with Crippen molar-refractivity contribution in [1.82, 2.24) is 15.7 Å². The molecule has 23 heavy (non-hydrogen) atoms. The second-order valence-corrected chi connectivity index (χ2v) is 4.97. The lowest BCUT2D eigenvalue weighted by atomic mass is 10.1. The molecular weight excluding hydrogens is 320 g/mol. The summed E-state index contributed by atoms with van der Waals surface area (Å²) in [6, 6.07) is 2.95. The van der Waals surface area contributed by atoms with Gasteiger partial charge in [0.05, 0.1) is 25.6 Å². The van der Waals surface area contributed by atoms with Crippen LogP contribution in [0.2, 0.25) is 0 Å². The molecule has 3 N–H and O–H groups in total. The smallest absolute Gasteiger partial charge is 0.328 e. The number of rotatable bonds is 7. The third kappa shape index (κ3) is 6.47. The zero-order chi connectivity index (χ0) is 17.2. The van der Waals surface area contributed by atoms with E-state index in [4.69, 9.17) is 12.2 Å². The van der Waals surface area contributed by atoms with Crippen LogP contribution in [0.5, 0.6) is 0 Å². The van der Waals surface area contributed by atoms with Gasteiger partial charge in [0, 0.05) is 12.6 Å². The van der Waals surface area contributed by atoms with E-state index in [1.807, 2.05) is 12.1 Å². The highest BCUT2D eigenvalue weighted by Gasteiger charge is 2.21. The molecule has 1 rings (SSSR count). The molecule has 0 bridgehead atoms. The second kappa shape index (κ2) is 9.57. The molecule has 1 heterocycles. The Morgan fingerprint density at radius 1 is 1.39 bits per heavy atom. The van der Waals surface area contributed by atoms with Crippen LogP contribution in [0.3, 0.4) is 0 Å². The lowest BCUT2D eigenvalue weighted by Gasteiger charge is -2.17. The predicted octanol–water partition coefficient (Wildman–Crippen LogP) is 0.698. The van der Waals surface area contributed by atoms with E-state index in [1.165, 1.54) is 14.2 Å². The number of aromatic amines is 1. The summed E-state index contributed by atoms with van der Waals surface area (Å²) in [6.07, 6.45) is 2.04. The predicted molar refractivity (Wildman–Crippen MR) is 88.9 cm³/mol. The molecular formula is C14H20N4O4S. The minimum absolute atomic E-state index is 0.0661. The zero-order valence-electron chi connectivity index (χ0n) is 13.2. The van der Waals surface area contributed by atoms with Gasteiger partial charge in [-0.3, -0.25) is 10.2 Å². The van der Waals surface area contributed by atoms with Crippen LogP contribution in [-0.4, -0.2) is 48.0 Å². The van der Waals surface area contributed by atoms with E-state index >= 15 is 0 Å². The molecule has 1 aromatic heterocycles. The van der Waals surface area contributed by atoms with Crippen LogP contribution in [0, 0.1) is 0 Å². The number of carbonyl (C=O) groups excluding carboxylic acids is 2. The highest BCUT2D eigenvalue weighted by atomic mass is 32.1. The Kier molecular flexibility index (Phi) is 7.75. The fourth-order valence-corrected chi connectivity index (χ4v) is 1.88. The Balaban J connectivity index is 2.57. The van der Waals surface area contributed by atoms with Gasteiger partial charge in [-0.1, -0.05) is 0 Å². The minimum Gasteiger partial charge on any atom is -0.469 e. The van der Waals surface area contributed by atoms with Gasteiger partial charge in [0.25, 0.3) is 0 Å². The number of esters is 2. The van der Waals surface area contributed by atoms with Gasteiger partial charge in [-0.15, -0.1) is 0 Å². The van der Waals surface area contributed by atoms with E-state index in [-0.39, 0.29) is 18.0 Å². The van der Waals surface area contributed by atoms with E-state index in [9.17, 15) is 9.59 Å². The number of methoxy groups -OCH3 is 2. The molecule has 0 amide bonds. The lowest BCUT2D eigenvalue weighted by Crippen LogP contribution is -2.45. The average Bonchev–Trinajstić information content (AvgIpc) is 3.09. The normalized spacial score (nSPS) is 12.2. The molecule has 8 nitrogen and oxygen atoms in total. The second-order valence-electron chi connectivity index (χ2n) is 4.56. The number of hydrazone groups is 1. The van der Waals surface area contributed by atoms with Gasteiger partial charge in [0.1, 0.15) is 6.04 Å². The fraction of sp³-hybridized carbons (Fsp3) is 0.429. The van der Waals surface area contributed by atoms with Gasteiger partial charge >= 0.3 is 11.9 Å². The Morgan fingerprint density at radius 2 is 2.13 bits per heavy atom. The Hall–Kier alpha value is -2.42. The molecule has 0 spiro atoms. The summed E-state index contributed by atoms with van der Waals surface area (Å²) in [7, 11) is 2.55. The molecule has 0 fully saturated rings. The molecule has 0 aliphatic heterocycles. The topological polar surface area (TPSA) is 105 Å². The van der Waals surface area contributed by atoms with Gasteiger partial charge < -0.3 is 19.8 Å². The van der Waals surface area contributed by atoms with Crippen LogP contribution in [0.1, 0.15) is 25.5 Å². The number of carbonyl (C=O) groups is 2. The van der Waals surface area contributed by atoms with Crippen molar-refractivity contribution in [3.8, 4) is 0 Å². The van der Waals surface area contributed by atoms with Crippen molar-refractivity contribution >= 4 is 35.0 Å². The largest absolute Gasteiger partial charge is 0.469 e. The number of nitrogens with one attached hydrogen (secondary N) is 3. The standard InChI is InChI=1S/C14H20N4O4S/c1-9(10-5-4-8-15-10)17-18-14(23)16-11(13(20)22-3)6-7-12(19)21-2/h4-5,8,11,15H,6-7H2,1-3H3,(H2,16,18,23)/b17-9+. The summed E-state index contributed by atoms with van der Waals surface area (Å²) in [5.41, 5.74) is 4.19. The van der Waals surface area contributed by atoms with E-state index < -0.39 is 18.0 Å². The monoisotopic (exact) mass is 340 g/mol. The SMILES string of the molecule is COC(=O)CCC(NC(=S)N/N=C(\C)c1ccc[nH]1)C(=O)OC. The first kappa shape index (κ1) is 18.6. The van der Waals surface area contributed by atoms with E-state index in [0.717, 1.165) is 5.69 Å². The van der Waals surface area contributed by atoms with Crippen molar-refractivity contribution in [2.45, 2.75) is 25.8 Å². The van der Waals surface area contributed by atoms with Crippen LogP contribution in [0.25, 0.3) is 0 Å². The molecule has 1 atom stereocenters. The van der Waals surface area contributed by atoms with E-state index in [0.29, 0.717) is 5.71 Å². The fourth-order valence-electron chi connectivity index (χ4n) is 1.70. The molecule has 1 aromatic rings. The van der Waals surface area contributed by atoms with Crippen LogP contribution in [0.15, 0.2) is 23.4 Å². The Bertz CT molecular complexity index is 571. The van der Waals surface area contributed by atoms with E-state index in [2.05, 4.69) is 30.3 Å². The van der Waals surface area contributed by atoms with Crippen molar-refractivity contribution in [3.63, 3.8) is 0 Å². The molecule has 1 unspecified atom stereocenters. The maximum absolute atomic E-state index is 11.7. The highest BCUT2D eigenvalue weighted by Crippen LogP contribution is 2.02. The molecule has 0 aliphatic carbocycles. The third-order valence-electron chi connectivity index (χ3n) is 2.97. The van der Waals surface area contributed by atoms with Crippen LogP contribution >= 0.6 is 12.2 Å². The Morgan fingerprint density at radius 3 is 2.70 bits per heavy atom. The summed E-state index contributed by atoms with van der Waals surface area (Å²) in [4.78, 5) is 25.9. The first-order valence-electron chi connectivity index (χ1n) is 6.87. The molecule has 0 aliphatic rings. The van der Waals surface area contributed by atoms with Crippen molar-refractivity contribution in [1.29, 1.82) is 0 Å². The number of aromatic nitrogens is 1.